The van der Waals surface area contributed by atoms with E-state index in [1.165, 1.54) is 12.3 Å². The van der Waals surface area contributed by atoms with Gasteiger partial charge >= 0.3 is 0 Å². The van der Waals surface area contributed by atoms with Crippen molar-refractivity contribution in [1.82, 2.24) is 0 Å². The van der Waals surface area contributed by atoms with Gasteiger partial charge in [0.05, 0.1) is 8.46 Å². The standard InChI is InChI=1S/C6H16PSi/c1-5-7(6-2)8(3)4/h5-6H2,1-4H3. The predicted molar refractivity (Wildman–Crippen MR) is 45.5 cm³/mol. The number of hydrogen-bond acceptors (Lipinski definition) is 0. The zero-order valence-corrected chi connectivity index (χ0v) is 8.26. The van der Waals surface area contributed by atoms with Crippen molar-refractivity contribution in [2.24, 2.45) is 0 Å². The summed E-state index contributed by atoms with van der Waals surface area (Å²) in [5, 5.41) is 0. The van der Waals surface area contributed by atoms with E-state index >= 15 is 0 Å². The van der Waals surface area contributed by atoms with Gasteiger partial charge in [0.25, 0.3) is 0 Å². The van der Waals surface area contributed by atoms with E-state index in [4.69, 9.17) is 0 Å². The van der Waals surface area contributed by atoms with Gasteiger partial charge in [0, 0.05) is 0 Å². The van der Waals surface area contributed by atoms with Crippen molar-refractivity contribution >= 4 is 15.9 Å². The Kier molecular flexibility index (Phi) is 4.88. The third kappa shape index (κ3) is 2.83. The fraction of sp³-hybridized carbons (Fsp3) is 1.00. The molecule has 0 aliphatic carbocycles. The molecule has 0 atom stereocenters. The molecule has 0 amide bonds. The normalized spacial score (nSPS) is 11.2. The molecule has 0 fully saturated rings. The second-order valence-electron chi connectivity index (χ2n) is 2.12. The smallest absolute Gasteiger partial charge is 0.0733 e. The van der Waals surface area contributed by atoms with Crippen molar-refractivity contribution in [2.45, 2.75) is 26.9 Å². The van der Waals surface area contributed by atoms with Gasteiger partial charge in [-0.25, -0.2) is 0 Å². The van der Waals surface area contributed by atoms with Crippen LogP contribution in [-0.2, 0) is 0 Å². The molecule has 0 aromatic rings. The van der Waals surface area contributed by atoms with E-state index in [1.807, 2.05) is 0 Å². The van der Waals surface area contributed by atoms with Crippen LogP contribution in [0.4, 0.5) is 0 Å². The van der Waals surface area contributed by atoms with Crippen molar-refractivity contribution in [3.8, 4) is 0 Å². The lowest BCUT2D eigenvalue weighted by Crippen LogP contribution is -2.01. The summed E-state index contributed by atoms with van der Waals surface area (Å²) in [6.45, 7) is 9.52. The van der Waals surface area contributed by atoms with E-state index in [1.54, 1.807) is 0 Å². The van der Waals surface area contributed by atoms with Gasteiger partial charge in [0.15, 0.2) is 0 Å². The summed E-state index contributed by atoms with van der Waals surface area (Å²) < 4.78 is 0. The first-order valence-electron chi connectivity index (χ1n) is 3.27. The molecule has 0 bridgehead atoms. The Morgan fingerprint density at radius 1 is 1.12 bits per heavy atom. The highest BCUT2D eigenvalue weighted by atomic mass is 31.4. The molecule has 8 heavy (non-hydrogen) atoms. The maximum Gasteiger partial charge on any atom is 0.0733 e. The van der Waals surface area contributed by atoms with Crippen LogP contribution in [0, 0.1) is 0 Å². The van der Waals surface area contributed by atoms with Crippen LogP contribution in [0.1, 0.15) is 13.8 Å². The number of rotatable bonds is 3. The Morgan fingerprint density at radius 2 is 1.50 bits per heavy atom. The molecule has 0 aliphatic rings. The second kappa shape index (κ2) is 4.52. The molecule has 49 valence electrons. The topological polar surface area (TPSA) is 0 Å². The highest BCUT2D eigenvalue weighted by molar-refractivity contribution is 7.89. The van der Waals surface area contributed by atoms with Crippen molar-refractivity contribution in [2.75, 3.05) is 12.3 Å². The molecule has 0 spiro atoms. The lowest BCUT2D eigenvalue weighted by atomic mass is 11.0. The Hall–Kier alpha value is 0.647. The summed E-state index contributed by atoms with van der Waals surface area (Å²) in [4.78, 5) is 0. The Balaban J connectivity index is 3.35. The van der Waals surface area contributed by atoms with Crippen LogP contribution in [-0.4, -0.2) is 20.8 Å². The molecular weight excluding hydrogens is 131 g/mol. The van der Waals surface area contributed by atoms with Gasteiger partial charge in [-0.2, -0.15) is 0 Å². The zero-order valence-electron chi connectivity index (χ0n) is 6.36. The molecular formula is C6H16PSi. The molecule has 0 nitrogen and oxygen atoms in total. The molecule has 1 radical (unpaired) electrons. The lowest BCUT2D eigenvalue weighted by Gasteiger charge is -2.14. The monoisotopic (exact) mass is 147 g/mol. The highest BCUT2D eigenvalue weighted by Gasteiger charge is 2.06. The van der Waals surface area contributed by atoms with Crippen LogP contribution >= 0.6 is 7.47 Å². The third-order valence-corrected chi connectivity index (χ3v) is 9.88. The molecule has 0 aromatic heterocycles. The lowest BCUT2D eigenvalue weighted by molar-refractivity contribution is 1.43. The minimum atomic E-state index is 0.0900. The Bertz CT molecular complexity index is 50.5. The first-order valence-corrected chi connectivity index (χ1v) is 8.32. The van der Waals surface area contributed by atoms with Gasteiger partial charge in [-0.05, 0) is 12.3 Å². The van der Waals surface area contributed by atoms with Crippen LogP contribution in [0.3, 0.4) is 0 Å². The van der Waals surface area contributed by atoms with Crippen molar-refractivity contribution < 1.29 is 0 Å². The zero-order chi connectivity index (χ0) is 6.57. The summed E-state index contributed by atoms with van der Waals surface area (Å²) >= 11 is 0. The van der Waals surface area contributed by atoms with Gasteiger partial charge in [0.2, 0.25) is 0 Å². The van der Waals surface area contributed by atoms with Crippen molar-refractivity contribution in [3.05, 3.63) is 0 Å². The number of hydrogen-bond donors (Lipinski definition) is 0. The van der Waals surface area contributed by atoms with Crippen molar-refractivity contribution in [1.29, 1.82) is 0 Å². The molecule has 2 heteroatoms. The molecule has 0 unspecified atom stereocenters. The van der Waals surface area contributed by atoms with E-state index in [0.29, 0.717) is 7.47 Å². The molecule has 0 aromatic carbocycles. The average Bonchev–Trinajstić information content (AvgIpc) is 1.69. The first kappa shape index (κ1) is 8.65. The van der Waals surface area contributed by atoms with Gasteiger partial charge in [-0.3, -0.25) is 0 Å². The molecule has 0 saturated carbocycles. The molecule has 0 saturated heterocycles. The predicted octanol–water partition coefficient (Wildman–Crippen LogP) is 2.76. The van der Waals surface area contributed by atoms with Gasteiger partial charge < -0.3 is 0 Å². The molecule has 0 rings (SSSR count). The largest absolute Gasteiger partial charge is 0.121 e. The van der Waals surface area contributed by atoms with Crippen molar-refractivity contribution in [3.63, 3.8) is 0 Å². The summed E-state index contributed by atoms with van der Waals surface area (Å²) in [5.41, 5.74) is 0. The van der Waals surface area contributed by atoms with E-state index in [-0.39, 0.29) is 8.46 Å². The van der Waals surface area contributed by atoms with Crippen LogP contribution in [0.25, 0.3) is 0 Å². The fourth-order valence-electron chi connectivity index (χ4n) is 0.856. The maximum absolute atomic E-state index is 2.43. The average molecular weight is 147 g/mol. The molecule has 0 N–H and O–H groups in total. The molecule has 0 aliphatic heterocycles. The SMILES string of the molecule is CCP(CC)[Si](C)C. The minimum absolute atomic E-state index is 0.0900. The summed E-state index contributed by atoms with van der Waals surface area (Å²) in [6.07, 6.45) is 2.90. The maximum atomic E-state index is 2.43. The van der Waals surface area contributed by atoms with Crippen LogP contribution in [0.2, 0.25) is 13.1 Å². The second-order valence-corrected chi connectivity index (χ2v) is 10.9. The summed E-state index contributed by atoms with van der Waals surface area (Å²) in [7, 11) is 0.577. The van der Waals surface area contributed by atoms with E-state index in [2.05, 4.69) is 26.9 Å². The van der Waals surface area contributed by atoms with Gasteiger partial charge in [-0.1, -0.05) is 26.9 Å². The summed E-state index contributed by atoms with van der Waals surface area (Å²) in [6, 6.07) is 0. The van der Waals surface area contributed by atoms with E-state index in [9.17, 15) is 0 Å². The third-order valence-electron chi connectivity index (χ3n) is 1.40. The Morgan fingerprint density at radius 3 is 1.50 bits per heavy atom. The van der Waals surface area contributed by atoms with Crippen LogP contribution in [0.15, 0.2) is 0 Å². The van der Waals surface area contributed by atoms with E-state index in [0.717, 1.165) is 0 Å². The minimum Gasteiger partial charge on any atom is -0.121 e. The fourth-order valence-corrected chi connectivity index (χ4v) is 6.36. The molecule has 0 heterocycles. The van der Waals surface area contributed by atoms with Crippen LogP contribution < -0.4 is 0 Å². The first-order chi connectivity index (χ1) is 3.72. The van der Waals surface area contributed by atoms with E-state index < -0.39 is 0 Å². The van der Waals surface area contributed by atoms with Gasteiger partial charge in [0.1, 0.15) is 0 Å². The highest BCUT2D eigenvalue weighted by Crippen LogP contribution is 2.36. The quantitative estimate of drug-likeness (QED) is 0.425. The van der Waals surface area contributed by atoms with Gasteiger partial charge in [-0.15, -0.1) is 7.47 Å². The Labute approximate surface area is 55.9 Å². The van der Waals surface area contributed by atoms with Crippen LogP contribution in [0.5, 0.6) is 0 Å². The summed E-state index contributed by atoms with van der Waals surface area (Å²) in [5.74, 6) is 0.